The molecule has 4 atom stereocenters. The van der Waals surface area contributed by atoms with E-state index in [0.29, 0.717) is 5.75 Å². The van der Waals surface area contributed by atoms with Crippen LogP contribution in [-0.4, -0.2) is 43.0 Å². The number of aromatic amines is 1. The lowest BCUT2D eigenvalue weighted by molar-refractivity contribution is -0.140. The Morgan fingerprint density at radius 3 is 2.21 bits per heavy atom. The number of H-pyrrole nitrogens is 1. The van der Waals surface area contributed by atoms with Gasteiger partial charge in [0, 0.05) is 28.2 Å². The summed E-state index contributed by atoms with van der Waals surface area (Å²) in [6.07, 6.45) is 0. The fourth-order valence-corrected chi connectivity index (χ4v) is 6.57. The minimum atomic E-state index is -0.600. The minimum Gasteiger partial charge on any atom is -0.497 e. The third-order valence-corrected chi connectivity index (χ3v) is 8.32. The van der Waals surface area contributed by atoms with Crippen LogP contribution in [0.25, 0.3) is 10.9 Å². The Morgan fingerprint density at radius 2 is 1.47 bits per heavy atom. The SMILES string of the molecule is COc1ccc(CN2C(=O)C3c4c([nH]c5ccc(OC)cc45)C4Nc5ccc(OC)cc5C4C3C2=O)cc1. The van der Waals surface area contributed by atoms with Crippen molar-refractivity contribution in [1.82, 2.24) is 9.88 Å². The fraction of sp³-hybridized carbons (Fsp3) is 0.267. The van der Waals surface area contributed by atoms with Crippen molar-refractivity contribution in [2.45, 2.75) is 24.4 Å². The number of anilines is 1. The Labute approximate surface area is 219 Å². The number of aromatic nitrogens is 1. The van der Waals surface area contributed by atoms with Crippen LogP contribution < -0.4 is 19.5 Å². The zero-order valence-electron chi connectivity index (χ0n) is 21.3. The van der Waals surface area contributed by atoms with Crippen LogP contribution in [-0.2, 0) is 16.1 Å². The van der Waals surface area contributed by atoms with Crippen LogP contribution in [0.5, 0.6) is 17.2 Å². The highest BCUT2D eigenvalue weighted by Gasteiger charge is 2.60. The maximum absolute atomic E-state index is 14.2. The fourth-order valence-electron chi connectivity index (χ4n) is 6.57. The van der Waals surface area contributed by atoms with Crippen molar-refractivity contribution >= 4 is 28.4 Å². The summed E-state index contributed by atoms with van der Waals surface area (Å²) in [5, 5.41) is 4.56. The summed E-state index contributed by atoms with van der Waals surface area (Å²) in [7, 11) is 4.87. The smallest absolute Gasteiger partial charge is 0.237 e. The van der Waals surface area contributed by atoms with Gasteiger partial charge >= 0.3 is 0 Å². The van der Waals surface area contributed by atoms with Crippen molar-refractivity contribution in [3.63, 3.8) is 0 Å². The van der Waals surface area contributed by atoms with Gasteiger partial charge in [-0.3, -0.25) is 14.5 Å². The molecule has 1 aromatic heterocycles. The molecule has 0 bridgehead atoms. The number of nitrogens with zero attached hydrogens (tertiary/aromatic N) is 1. The van der Waals surface area contributed by atoms with Crippen molar-refractivity contribution in [3.8, 4) is 17.2 Å². The average molecular weight is 510 g/mol. The van der Waals surface area contributed by atoms with Crippen LogP contribution >= 0.6 is 0 Å². The summed E-state index contributed by atoms with van der Waals surface area (Å²) in [6.45, 7) is 0.214. The van der Waals surface area contributed by atoms with E-state index >= 15 is 0 Å². The molecule has 8 heteroatoms. The van der Waals surface area contributed by atoms with E-state index in [0.717, 1.165) is 50.5 Å². The number of ether oxygens (including phenoxy) is 3. The Balaban J connectivity index is 1.40. The first kappa shape index (κ1) is 22.7. The lowest BCUT2D eigenvalue weighted by atomic mass is 9.68. The molecule has 2 amide bonds. The first-order chi connectivity index (χ1) is 18.5. The number of carbonyl (C=O) groups excluding carboxylic acids is 2. The molecular weight excluding hydrogens is 482 g/mol. The number of imide groups is 1. The number of methoxy groups -OCH3 is 3. The van der Waals surface area contributed by atoms with Gasteiger partial charge in [-0.2, -0.15) is 0 Å². The molecule has 8 nitrogen and oxygen atoms in total. The minimum absolute atomic E-state index is 0.147. The van der Waals surface area contributed by atoms with E-state index in [2.05, 4.69) is 10.3 Å². The maximum Gasteiger partial charge on any atom is 0.237 e. The third kappa shape index (κ3) is 3.09. The molecule has 192 valence electrons. The molecule has 0 radical (unpaired) electrons. The van der Waals surface area contributed by atoms with Crippen molar-refractivity contribution in [1.29, 1.82) is 0 Å². The highest BCUT2D eigenvalue weighted by Crippen LogP contribution is 2.61. The highest BCUT2D eigenvalue weighted by molar-refractivity contribution is 6.11. The van der Waals surface area contributed by atoms with Crippen LogP contribution in [0, 0.1) is 5.92 Å². The lowest BCUT2D eigenvalue weighted by Crippen LogP contribution is -2.34. The van der Waals surface area contributed by atoms with E-state index in [4.69, 9.17) is 14.2 Å². The number of nitrogens with one attached hydrogen (secondary N) is 2. The Hall–Kier alpha value is -4.46. The van der Waals surface area contributed by atoms with Crippen molar-refractivity contribution < 1.29 is 23.8 Å². The van der Waals surface area contributed by atoms with E-state index in [-0.39, 0.29) is 30.3 Å². The summed E-state index contributed by atoms with van der Waals surface area (Å²) in [6, 6.07) is 19.0. The first-order valence-electron chi connectivity index (χ1n) is 12.6. The van der Waals surface area contributed by atoms with Gasteiger partial charge in [0.05, 0.1) is 45.8 Å². The van der Waals surface area contributed by atoms with Gasteiger partial charge in [0.25, 0.3) is 0 Å². The monoisotopic (exact) mass is 509 g/mol. The molecule has 2 aliphatic heterocycles. The first-order valence-corrected chi connectivity index (χ1v) is 12.6. The van der Waals surface area contributed by atoms with Gasteiger partial charge in [0.1, 0.15) is 17.2 Å². The van der Waals surface area contributed by atoms with E-state index in [9.17, 15) is 9.59 Å². The van der Waals surface area contributed by atoms with E-state index in [1.807, 2.05) is 60.7 Å². The summed E-state index contributed by atoms with van der Waals surface area (Å²) in [5.74, 6) is 0.482. The summed E-state index contributed by atoms with van der Waals surface area (Å²) >= 11 is 0. The summed E-state index contributed by atoms with van der Waals surface area (Å²) < 4.78 is 16.3. The molecular formula is C30H27N3O5. The van der Waals surface area contributed by atoms with Gasteiger partial charge < -0.3 is 24.5 Å². The molecule has 0 spiro atoms. The zero-order valence-corrected chi connectivity index (χ0v) is 21.3. The number of rotatable bonds is 5. The van der Waals surface area contributed by atoms with Crippen molar-refractivity contribution in [2.24, 2.45) is 5.92 Å². The Bertz CT molecular complexity index is 1610. The van der Waals surface area contributed by atoms with Crippen molar-refractivity contribution in [2.75, 3.05) is 26.6 Å². The number of hydrogen-bond donors (Lipinski definition) is 2. The molecule has 0 saturated carbocycles. The van der Waals surface area contributed by atoms with Crippen LogP contribution in [0.2, 0.25) is 0 Å². The molecule has 7 rings (SSSR count). The Morgan fingerprint density at radius 1 is 0.789 bits per heavy atom. The van der Waals surface area contributed by atoms with Gasteiger partial charge in [-0.1, -0.05) is 12.1 Å². The normalized spacial score (nSPS) is 23.0. The second-order valence-electron chi connectivity index (χ2n) is 10.1. The molecule has 4 unspecified atom stereocenters. The van der Waals surface area contributed by atoms with Crippen LogP contribution in [0.15, 0.2) is 60.7 Å². The number of fused-ring (bicyclic) bond motifs is 10. The number of likely N-dealkylation sites (tertiary alicyclic amines) is 1. The molecule has 38 heavy (non-hydrogen) atoms. The molecule has 1 aliphatic carbocycles. The molecule has 3 heterocycles. The highest BCUT2D eigenvalue weighted by atomic mass is 16.5. The lowest BCUT2D eigenvalue weighted by Gasteiger charge is -2.33. The third-order valence-electron chi connectivity index (χ3n) is 8.32. The molecule has 1 fully saturated rings. The van der Waals surface area contributed by atoms with Gasteiger partial charge in [-0.15, -0.1) is 0 Å². The number of carbonyl (C=O) groups is 2. The number of benzene rings is 3. The van der Waals surface area contributed by atoms with Crippen LogP contribution in [0.1, 0.15) is 40.3 Å². The van der Waals surface area contributed by atoms with Crippen molar-refractivity contribution in [3.05, 3.63) is 83.0 Å². The van der Waals surface area contributed by atoms with E-state index in [1.54, 1.807) is 21.3 Å². The standard InChI is InChI=1S/C30H27N3O5/c1-36-16-6-4-15(5-7-16)14-33-29(34)25-23-19-12-17(37-2)8-10-21(19)31-27(23)28-24(26(25)30(33)35)20-13-18(38-3)9-11-22(20)32-28/h4-13,23,25-27,31-32H,14H2,1-3H3. The molecule has 2 N–H and O–H groups in total. The summed E-state index contributed by atoms with van der Waals surface area (Å²) in [4.78, 5) is 33.3. The summed E-state index contributed by atoms with van der Waals surface area (Å²) in [5.41, 5.74) is 5.57. The predicted octanol–water partition coefficient (Wildman–Crippen LogP) is 4.73. The van der Waals surface area contributed by atoms with E-state index in [1.165, 1.54) is 4.90 Å². The molecule has 3 aromatic carbocycles. The maximum atomic E-state index is 14.2. The number of hydrogen-bond acceptors (Lipinski definition) is 6. The quantitative estimate of drug-likeness (QED) is 0.378. The van der Waals surface area contributed by atoms with Gasteiger partial charge in [-0.05, 0) is 65.2 Å². The van der Waals surface area contributed by atoms with Crippen LogP contribution in [0.4, 0.5) is 5.69 Å². The second-order valence-corrected chi connectivity index (χ2v) is 10.1. The molecule has 4 aromatic rings. The molecule has 1 saturated heterocycles. The Kier molecular flexibility index (Phi) is 4.95. The van der Waals surface area contributed by atoms with Gasteiger partial charge in [0.15, 0.2) is 0 Å². The predicted molar refractivity (Wildman–Crippen MR) is 142 cm³/mol. The van der Waals surface area contributed by atoms with Crippen LogP contribution in [0.3, 0.4) is 0 Å². The largest absolute Gasteiger partial charge is 0.497 e. The molecule has 3 aliphatic rings. The van der Waals surface area contributed by atoms with Gasteiger partial charge in [0.2, 0.25) is 11.8 Å². The van der Waals surface area contributed by atoms with E-state index < -0.39 is 11.8 Å². The number of amides is 2. The zero-order chi connectivity index (χ0) is 26.1. The average Bonchev–Trinajstić information content (AvgIpc) is 3.59. The van der Waals surface area contributed by atoms with Gasteiger partial charge in [-0.25, -0.2) is 0 Å². The second kappa shape index (κ2) is 8.28. The topological polar surface area (TPSA) is 92.9 Å².